The molecule has 0 aromatic heterocycles. The Morgan fingerprint density at radius 1 is 1.13 bits per heavy atom. The minimum absolute atomic E-state index is 0.0684. The summed E-state index contributed by atoms with van der Waals surface area (Å²) in [7, 11) is 1.37. The van der Waals surface area contributed by atoms with Crippen molar-refractivity contribution in [2.75, 3.05) is 12.4 Å². The Labute approximate surface area is 142 Å². The molecule has 0 fully saturated rings. The lowest BCUT2D eigenvalue weighted by atomic mass is 10.1. The van der Waals surface area contributed by atoms with Crippen LogP contribution in [0.25, 0.3) is 0 Å². The standard InChI is InChI=1S/C16H13Cl2NO4/c1-8-3-4-10(11(17)5-8)15(20)19-13-7-9(16(21)22)6-12(18)14(13)23-2/h3-7H,1-2H3,(H,19,20)(H,21,22). The second-order valence-electron chi connectivity index (χ2n) is 4.78. The van der Waals surface area contributed by atoms with Gasteiger partial charge < -0.3 is 15.2 Å². The molecule has 2 rings (SSSR count). The van der Waals surface area contributed by atoms with Crippen molar-refractivity contribution >= 4 is 40.8 Å². The van der Waals surface area contributed by atoms with Gasteiger partial charge in [-0.05, 0) is 36.8 Å². The summed E-state index contributed by atoms with van der Waals surface area (Å²) in [5.41, 5.74) is 1.26. The van der Waals surface area contributed by atoms with E-state index in [9.17, 15) is 9.59 Å². The summed E-state index contributed by atoms with van der Waals surface area (Å²) < 4.78 is 5.12. The Hall–Kier alpha value is -2.24. The Morgan fingerprint density at radius 2 is 1.83 bits per heavy atom. The summed E-state index contributed by atoms with van der Waals surface area (Å²) in [6.45, 7) is 1.85. The summed E-state index contributed by atoms with van der Waals surface area (Å²) in [5.74, 6) is -1.49. The number of amides is 1. The van der Waals surface area contributed by atoms with E-state index in [0.717, 1.165) is 5.56 Å². The number of hydrogen-bond acceptors (Lipinski definition) is 3. The Balaban J connectivity index is 2.42. The van der Waals surface area contributed by atoms with Gasteiger partial charge in [0, 0.05) is 0 Å². The number of hydrogen-bond donors (Lipinski definition) is 2. The van der Waals surface area contributed by atoms with Crippen molar-refractivity contribution in [1.82, 2.24) is 0 Å². The van der Waals surface area contributed by atoms with Gasteiger partial charge in [-0.1, -0.05) is 29.3 Å². The molecule has 2 aromatic carbocycles. The number of methoxy groups -OCH3 is 1. The lowest BCUT2D eigenvalue weighted by Crippen LogP contribution is -2.14. The van der Waals surface area contributed by atoms with Gasteiger partial charge in [-0.2, -0.15) is 0 Å². The van der Waals surface area contributed by atoms with Crippen molar-refractivity contribution < 1.29 is 19.4 Å². The van der Waals surface area contributed by atoms with Gasteiger partial charge in [-0.25, -0.2) is 4.79 Å². The average Bonchev–Trinajstić information content (AvgIpc) is 2.46. The third-order valence-electron chi connectivity index (χ3n) is 3.11. The second kappa shape index (κ2) is 6.89. The molecule has 0 unspecified atom stereocenters. The molecule has 2 aromatic rings. The van der Waals surface area contributed by atoms with Crippen LogP contribution in [-0.2, 0) is 0 Å². The molecule has 0 saturated carbocycles. The van der Waals surface area contributed by atoms with Crippen molar-refractivity contribution in [3.63, 3.8) is 0 Å². The number of benzene rings is 2. The molecule has 0 aliphatic carbocycles. The van der Waals surface area contributed by atoms with Crippen LogP contribution in [0.1, 0.15) is 26.3 Å². The zero-order valence-corrected chi connectivity index (χ0v) is 13.8. The van der Waals surface area contributed by atoms with Gasteiger partial charge in [0.25, 0.3) is 5.91 Å². The number of carbonyl (C=O) groups is 2. The maximum absolute atomic E-state index is 12.4. The SMILES string of the molecule is COc1c(Cl)cc(C(=O)O)cc1NC(=O)c1ccc(C)cc1Cl. The molecule has 0 heterocycles. The predicted molar refractivity (Wildman–Crippen MR) is 89.1 cm³/mol. The predicted octanol–water partition coefficient (Wildman–Crippen LogP) is 4.26. The number of carboxylic acid groups (broad SMARTS) is 1. The monoisotopic (exact) mass is 353 g/mol. The number of rotatable bonds is 4. The number of halogens is 2. The van der Waals surface area contributed by atoms with E-state index < -0.39 is 11.9 Å². The fraction of sp³-hybridized carbons (Fsp3) is 0.125. The molecule has 7 heteroatoms. The third-order valence-corrected chi connectivity index (χ3v) is 3.71. The topological polar surface area (TPSA) is 75.6 Å². The summed E-state index contributed by atoms with van der Waals surface area (Å²) in [5, 5.41) is 12.0. The maximum Gasteiger partial charge on any atom is 0.335 e. The minimum atomic E-state index is -1.17. The molecule has 0 aliphatic rings. The highest BCUT2D eigenvalue weighted by atomic mass is 35.5. The highest BCUT2D eigenvalue weighted by molar-refractivity contribution is 6.35. The van der Waals surface area contributed by atoms with Gasteiger partial charge in [0.1, 0.15) is 0 Å². The van der Waals surface area contributed by atoms with E-state index in [1.807, 2.05) is 6.92 Å². The fourth-order valence-corrected chi connectivity index (χ4v) is 2.63. The third kappa shape index (κ3) is 3.75. The van der Waals surface area contributed by atoms with E-state index in [1.165, 1.54) is 19.2 Å². The van der Waals surface area contributed by atoms with E-state index in [1.54, 1.807) is 18.2 Å². The zero-order chi connectivity index (χ0) is 17.1. The molecule has 0 aliphatic heterocycles. The van der Waals surface area contributed by atoms with Gasteiger partial charge in [-0.3, -0.25) is 4.79 Å². The van der Waals surface area contributed by atoms with Crippen LogP contribution in [0.15, 0.2) is 30.3 Å². The molecule has 0 saturated heterocycles. The highest BCUT2D eigenvalue weighted by Crippen LogP contribution is 2.35. The fourth-order valence-electron chi connectivity index (χ4n) is 2.01. The number of anilines is 1. The number of carbonyl (C=O) groups excluding carboxylic acids is 1. The molecular formula is C16H13Cl2NO4. The van der Waals surface area contributed by atoms with Crippen LogP contribution in [0.3, 0.4) is 0 Å². The van der Waals surface area contributed by atoms with Crippen LogP contribution in [0.4, 0.5) is 5.69 Å². The van der Waals surface area contributed by atoms with Gasteiger partial charge in [0.05, 0.1) is 34.0 Å². The minimum Gasteiger partial charge on any atom is -0.493 e. The normalized spacial score (nSPS) is 10.3. The molecular weight excluding hydrogens is 341 g/mol. The number of aryl methyl sites for hydroxylation is 1. The zero-order valence-electron chi connectivity index (χ0n) is 12.3. The van der Waals surface area contributed by atoms with Crippen molar-refractivity contribution in [1.29, 1.82) is 0 Å². The summed E-state index contributed by atoms with van der Waals surface area (Å²) in [6.07, 6.45) is 0. The first-order valence-corrected chi connectivity index (χ1v) is 7.27. The average molecular weight is 354 g/mol. The molecule has 1 amide bonds. The van der Waals surface area contributed by atoms with E-state index in [4.69, 9.17) is 33.0 Å². The number of aromatic carboxylic acids is 1. The molecule has 0 spiro atoms. The first-order valence-electron chi connectivity index (χ1n) is 6.51. The van der Waals surface area contributed by atoms with Crippen LogP contribution >= 0.6 is 23.2 Å². The van der Waals surface area contributed by atoms with E-state index in [-0.39, 0.29) is 27.6 Å². The van der Waals surface area contributed by atoms with Gasteiger partial charge in [-0.15, -0.1) is 0 Å². The van der Waals surface area contributed by atoms with Crippen LogP contribution < -0.4 is 10.1 Å². The quantitative estimate of drug-likeness (QED) is 0.860. The molecule has 2 N–H and O–H groups in total. The van der Waals surface area contributed by atoms with Gasteiger partial charge in [0.15, 0.2) is 5.75 Å². The van der Waals surface area contributed by atoms with Crippen molar-refractivity contribution in [2.45, 2.75) is 6.92 Å². The molecule has 0 radical (unpaired) electrons. The van der Waals surface area contributed by atoms with Crippen LogP contribution in [0, 0.1) is 6.92 Å². The van der Waals surface area contributed by atoms with Crippen LogP contribution in [-0.4, -0.2) is 24.1 Å². The Bertz CT molecular complexity index is 790. The molecule has 5 nitrogen and oxygen atoms in total. The van der Waals surface area contributed by atoms with E-state index in [0.29, 0.717) is 5.02 Å². The van der Waals surface area contributed by atoms with Gasteiger partial charge in [0.2, 0.25) is 0 Å². The summed E-state index contributed by atoms with van der Waals surface area (Å²) in [4.78, 5) is 23.5. The van der Waals surface area contributed by atoms with Crippen LogP contribution in [0.5, 0.6) is 5.75 Å². The maximum atomic E-state index is 12.4. The lowest BCUT2D eigenvalue weighted by molar-refractivity contribution is 0.0696. The van der Waals surface area contributed by atoms with Crippen LogP contribution in [0.2, 0.25) is 10.0 Å². The summed E-state index contributed by atoms with van der Waals surface area (Å²) in [6, 6.07) is 7.51. The van der Waals surface area contributed by atoms with E-state index >= 15 is 0 Å². The Morgan fingerprint density at radius 3 is 2.39 bits per heavy atom. The van der Waals surface area contributed by atoms with E-state index in [2.05, 4.69) is 5.32 Å². The molecule has 0 atom stereocenters. The first-order chi connectivity index (χ1) is 10.8. The van der Waals surface area contributed by atoms with Gasteiger partial charge >= 0.3 is 5.97 Å². The molecule has 23 heavy (non-hydrogen) atoms. The highest BCUT2D eigenvalue weighted by Gasteiger charge is 2.18. The lowest BCUT2D eigenvalue weighted by Gasteiger charge is -2.13. The molecule has 0 bridgehead atoms. The first kappa shape index (κ1) is 17.1. The van der Waals surface area contributed by atoms with Crippen molar-refractivity contribution in [2.24, 2.45) is 0 Å². The number of carboxylic acids is 1. The number of nitrogens with one attached hydrogen (secondary N) is 1. The van der Waals surface area contributed by atoms with Crippen molar-refractivity contribution in [3.05, 3.63) is 57.1 Å². The summed E-state index contributed by atoms with van der Waals surface area (Å²) >= 11 is 12.1. The Kier molecular flexibility index (Phi) is 5.13. The van der Waals surface area contributed by atoms with Crippen molar-refractivity contribution in [3.8, 4) is 5.75 Å². The number of ether oxygens (including phenoxy) is 1. The molecule has 120 valence electrons. The second-order valence-corrected chi connectivity index (χ2v) is 5.60. The largest absolute Gasteiger partial charge is 0.493 e. The smallest absolute Gasteiger partial charge is 0.335 e.